The van der Waals surface area contributed by atoms with Gasteiger partial charge < -0.3 is 30.8 Å². The molecule has 32 heavy (non-hydrogen) atoms. The van der Waals surface area contributed by atoms with E-state index in [-0.39, 0.29) is 24.1 Å². The molecule has 1 aromatic rings. The van der Waals surface area contributed by atoms with Crippen molar-refractivity contribution in [1.29, 1.82) is 0 Å². The molecular formula is C23H34N4O5. The Morgan fingerprint density at radius 3 is 2.66 bits per heavy atom. The van der Waals surface area contributed by atoms with E-state index in [0.717, 1.165) is 12.7 Å². The van der Waals surface area contributed by atoms with Crippen molar-refractivity contribution in [2.24, 2.45) is 5.41 Å². The smallest absolute Gasteiger partial charge is 0.251 e. The first-order chi connectivity index (χ1) is 15.1. The number of hydrogen-bond donors (Lipinski definition) is 3. The van der Waals surface area contributed by atoms with Crippen LogP contribution in [-0.4, -0.2) is 61.2 Å². The van der Waals surface area contributed by atoms with Crippen LogP contribution < -0.4 is 21.1 Å². The SMILES string of the molecule is COc1cc(C(=O)NCCCC(=O)NC(C(=O)N2CCC[C@H]2C=O)C(C)(C)C)ccc1N. The van der Waals surface area contributed by atoms with Crippen LogP contribution in [0.1, 0.15) is 56.8 Å². The van der Waals surface area contributed by atoms with E-state index >= 15 is 0 Å². The zero-order valence-corrected chi connectivity index (χ0v) is 19.3. The van der Waals surface area contributed by atoms with Crippen LogP contribution in [0, 0.1) is 5.41 Å². The average Bonchev–Trinajstić information content (AvgIpc) is 3.23. The molecule has 9 heteroatoms. The Hall–Kier alpha value is -3.10. The van der Waals surface area contributed by atoms with Crippen LogP contribution in [0.3, 0.4) is 0 Å². The summed E-state index contributed by atoms with van der Waals surface area (Å²) in [5.41, 5.74) is 6.10. The van der Waals surface area contributed by atoms with E-state index in [1.807, 2.05) is 20.8 Å². The number of methoxy groups -OCH3 is 1. The predicted octanol–water partition coefficient (Wildman–Crippen LogP) is 1.51. The van der Waals surface area contributed by atoms with E-state index in [9.17, 15) is 19.2 Å². The van der Waals surface area contributed by atoms with Gasteiger partial charge in [-0.2, -0.15) is 0 Å². The van der Waals surface area contributed by atoms with Crippen molar-refractivity contribution in [3.05, 3.63) is 23.8 Å². The minimum Gasteiger partial charge on any atom is -0.495 e. The highest BCUT2D eigenvalue weighted by Gasteiger charge is 2.39. The second-order valence-electron chi connectivity index (χ2n) is 9.06. The number of nitrogens with one attached hydrogen (secondary N) is 2. The molecule has 0 bridgehead atoms. The summed E-state index contributed by atoms with van der Waals surface area (Å²) in [6.07, 6.45) is 2.79. The van der Waals surface area contributed by atoms with E-state index < -0.39 is 17.5 Å². The number of amides is 3. The minimum absolute atomic E-state index is 0.155. The fourth-order valence-corrected chi connectivity index (χ4v) is 3.66. The molecule has 1 fully saturated rings. The fourth-order valence-electron chi connectivity index (χ4n) is 3.66. The van der Waals surface area contributed by atoms with Crippen molar-refractivity contribution < 1.29 is 23.9 Å². The third kappa shape index (κ3) is 6.45. The fraction of sp³-hybridized carbons (Fsp3) is 0.565. The number of benzene rings is 1. The Morgan fingerprint density at radius 2 is 2.03 bits per heavy atom. The largest absolute Gasteiger partial charge is 0.495 e. The number of likely N-dealkylation sites (tertiary alicyclic amines) is 1. The summed E-state index contributed by atoms with van der Waals surface area (Å²) >= 11 is 0. The van der Waals surface area contributed by atoms with E-state index in [2.05, 4.69) is 10.6 Å². The van der Waals surface area contributed by atoms with Gasteiger partial charge in [0.15, 0.2) is 0 Å². The molecule has 2 atom stereocenters. The van der Waals surface area contributed by atoms with E-state index in [0.29, 0.717) is 42.9 Å². The van der Waals surface area contributed by atoms with Crippen molar-refractivity contribution in [3.8, 4) is 5.75 Å². The van der Waals surface area contributed by atoms with Gasteiger partial charge in [-0.15, -0.1) is 0 Å². The molecule has 1 aromatic carbocycles. The molecule has 1 aliphatic rings. The third-order valence-electron chi connectivity index (χ3n) is 5.52. The van der Waals surface area contributed by atoms with Gasteiger partial charge in [0.1, 0.15) is 18.1 Å². The van der Waals surface area contributed by atoms with Crippen molar-refractivity contribution in [2.75, 3.05) is 25.9 Å². The number of anilines is 1. The van der Waals surface area contributed by atoms with Crippen LogP contribution >= 0.6 is 0 Å². The second-order valence-corrected chi connectivity index (χ2v) is 9.06. The first-order valence-electron chi connectivity index (χ1n) is 10.8. The Labute approximate surface area is 189 Å². The maximum atomic E-state index is 13.0. The highest BCUT2D eigenvalue weighted by Crippen LogP contribution is 2.25. The topological polar surface area (TPSA) is 131 Å². The third-order valence-corrected chi connectivity index (χ3v) is 5.52. The van der Waals surface area contributed by atoms with Crippen molar-refractivity contribution in [1.82, 2.24) is 15.5 Å². The van der Waals surface area contributed by atoms with Crippen molar-refractivity contribution >= 4 is 29.7 Å². The summed E-state index contributed by atoms with van der Waals surface area (Å²) in [6, 6.07) is 3.60. The lowest BCUT2D eigenvalue weighted by Crippen LogP contribution is -2.55. The standard InChI is InChI=1S/C23H34N4O5/c1-23(2,3)20(22(31)27-12-6-7-16(27)14-28)26-19(29)8-5-11-25-21(30)15-9-10-17(24)18(13-15)32-4/h9-10,13-14,16,20H,5-8,11-12,24H2,1-4H3,(H,25,30)(H,26,29)/t16-,20?/m0/s1. The highest BCUT2D eigenvalue weighted by molar-refractivity contribution is 5.95. The molecular weight excluding hydrogens is 412 g/mol. The predicted molar refractivity (Wildman–Crippen MR) is 121 cm³/mol. The normalized spacial score (nSPS) is 16.9. The first-order valence-corrected chi connectivity index (χ1v) is 10.8. The zero-order chi connectivity index (χ0) is 23.9. The Kier molecular flexibility index (Phi) is 8.63. The van der Waals surface area contributed by atoms with Gasteiger partial charge in [0.2, 0.25) is 11.8 Å². The molecule has 0 aromatic heterocycles. The highest BCUT2D eigenvalue weighted by atomic mass is 16.5. The van der Waals surface area contributed by atoms with Crippen LogP contribution in [-0.2, 0) is 14.4 Å². The minimum atomic E-state index is -0.729. The number of nitrogen functional groups attached to an aromatic ring is 1. The Balaban J connectivity index is 1.86. The number of rotatable bonds is 9. The van der Waals surface area contributed by atoms with Crippen LogP contribution in [0.15, 0.2) is 18.2 Å². The molecule has 1 unspecified atom stereocenters. The molecule has 176 valence electrons. The summed E-state index contributed by atoms with van der Waals surface area (Å²) in [4.78, 5) is 50.7. The number of aldehydes is 1. The van der Waals surface area contributed by atoms with E-state index in [1.54, 1.807) is 23.1 Å². The van der Waals surface area contributed by atoms with E-state index in [4.69, 9.17) is 10.5 Å². The lowest BCUT2D eigenvalue weighted by Gasteiger charge is -2.34. The molecule has 4 N–H and O–H groups in total. The molecule has 0 aliphatic carbocycles. The maximum absolute atomic E-state index is 13.0. The van der Waals surface area contributed by atoms with Gasteiger partial charge in [0.25, 0.3) is 5.91 Å². The number of hydrogen-bond acceptors (Lipinski definition) is 6. The van der Waals surface area contributed by atoms with Gasteiger partial charge in [-0.25, -0.2) is 0 Å². The van der Waals surface area contributed by atoms with Gasteiger partial charge in [-0.1, -0.05) is 20.8 Å². The number of carbonyl (C=O) groups is 4. The summed E-state index contributed by atoms with van der Waals surface area (Å²) in [6.45, 7) is 6.45. The van der Waals surface area contributed by atoms with Gasteiger partial charge in [0, 0.05) is 25.1 Å². The summed E-state index contributed by atoms with van der Waals surface area (Å²) in [5.74, 6) is -0.375. The Morgan fingerprint density at radius 1 is 1.31 bits per heavy atom. The molecule has 1 aliphatic heterocycles. The molecule has 0 radical (unpaired) electrons. The zero-order valence-electron chi connectivity index (χ0n) is 19.3. The molecule has 0 saturated carbocycles. The first kappa shape index (κ1) is 25.2. The number of nitrogens with two attached hydrogens (primary N) is 1. The number of ether oxygens (including phenoxy) is 1. The number of carbonyl (C=O) groups excluding carboxylic acids is 4. The van der Waals surface area contributed by atoms with Crippen molar-refractivity contribution in [3.63, 3.8) is 0 Å². The lowest BCUT2D eigenvalue weighted by molar-refractivity contribution is -0.141. The molecule has 9 nitrogen and oxygen atoms in total. The van der Waals surface area contributed by atoms with Gasteiger partial charge in [-0.05, 0) is 42.9 Å². The monoisotopic (exact) mass is 446 g/mol. The molecule has 1 heterocycles. The van der Waals surface area contributed by atoms with Gasteiger partial charge >= 0.3 is 0 Å². The van der Waals surface area contributed by atoms with Gasteiger partial charge in [-0.3, -0.25) is 14.4 Å². The molecule has 1 saturated heterocycles. The summed E-state index contributed by atoms with van der Waals surface area (Å²) in [7, 11) is 1.48. The second kappa shape index (κ2) is 11.0. The Bertz CT molecular complexity index is 849. The summed E-state index contributed by atoms with van der Waals surface area (Å²) in [5, 5.41) is 5.59. The van der Waals surface area contributed by atoms with Crippen LogP contribution in [0.4, 0.5) is 5.69 Å². The average molecular weight is 447 g/mol. The molecule has 0 spiro atoms. The quantitative estimate of drug-likeness (QED) is 0.299. The molecule has 3 amide bonds. The molecule has 2 rings (SSSR count). The lowest BCUT2D eigenvalue weighted by atomic mass is 9.85. The van der Waals surface area contributed by atoms with E-state index in [1.165, 1.54) is 7.11 Å². The summed E-state index contributed by atoms with van der Waals surface area (Å²) < 4.78 is 5.12. The van der Waals surface area contributed by atoms with Crippen LogP contribution in [0.5, 0.6) is 5.75 Å². The van der Waals surface area contributed by atoms with Crippen LogP contribution in [0.25, 0.3) is 0 Å². The van der Waals surface area contributed by atoms with Crippen LogP contribution in [0.2, 0.25) is 0 Å². The van der Waals surface area contributed by atoms with Gasteiger partial charge in [0.05, 0.1) is 18.8 Å². The maximum Gasteiger partial charge on any atom is 0.251 e. The van der Waals surface area contributed by atoms with Crippen molar-refractivity contribution in [2.45, 2.75) is 58.5 Å². The number of nitrogens with zero attached hydrogens (tertiary/aromatic N) is 1.